The average molecular weight is 521 g/mol. The molecule has 0 fully saturated rings. The van der Waals surface area contributed by atoms with E-state index in [1.165, 1.54) is 30.0 Å². The van der Waals surface area contributed by atoms with Crippen molar-refractivity contribution < 1.29 is 44.2 Å². The average Bonchev–Trinajstić information content (AvgIpc) is 3.20. The third-order valence-electron chi connectivity index (χ3n) is 4.43. The molecule has 4 aromatic rings. The number of carbonyl (C=O) groups is 1. The van der Waals surface area contributed by atoms with Crippen LogP contribution in [0.4, 0.5) is 5.13 Å². The molecular formula is C23H18ClN4NaO3S2. The Balaban J connectivity index is 0.00000324. The zero-order chi connectivity index (χ0) is 23.2. The monoisotopic (exact) mass is 520 g/mol. The van der Waals surface area contributed by atoms with Crippen molar-refractivity contribution in [3.63, 3.8) is 0 Å². The van der Waals surface area contributed by atoms with Crippen molar-refractivity contribution >= 4 is 45.8 Å². The molecule has 3 aromatic heterocycles. The SMILES string of the molecule is Cc1nc(NCCSc2ncccc2Oc2cc(C(=O)[O-])ccc2Cl)sc1-c1ccccn1.[Na+]. The molecule has 0 radical (unpaired) electrons. The summed E-state index contributed by atoms with van der Waals surface area (Å²) in [4.78, 5) is 25.5. The van der Waals surface area contributed by atoms with Gasteiger partial charge in [0, 0.05) is 30.3 Å². The minimum Gasteiger partial charge on any atom is -0.545 e. The molecule has 11 heteroatoms. The Hall–Kier alpha value is -2.14. The van der Waals surface area contributed by atoms with E-state index in [-0.39, 0.29) is 40.9 Å². The smallest absolute Gasteiger partial charge is 0.545 e. The summed E-state index contributed by atoms with van der Waals surface area (Å²) < 4.78 is 5.87. The number of carboxylic acids is 1. The molecule has 0 amide bonds. The zero-order valence-corrected chi connectivity index (χ0v) is 22.8. The molecule has 0 spiro atoms. The van der Waals surface area contributed by atoms with E-state index in [0.29, 0.717) is 28.1 Å². The van der Waals surface area contributed by atoms with Gasteiger partial charge >= 0.3 is 29.6 Å². The zero-order valence-electron chi connectivity index (χ0n) is 18.4. The molecule has 1 N–H and O–H groups in total. The molecule has 0 unspecified atom stereocenters. The Morgan fingerprint density at radius 2 is 1.97 bits per heavy atom. The van der Waals surface area contributed by atoms with Crippen molar-refractivity contribution in [2.45, 2.75) is 11.9 Å². The number of carbonyl (C=O) groups excluding carboxylic acids is 1. The summed E-state index contributed by atoms with van der Waals surface area (Å²) in [5.41, 5.74) is 1.83. The number of aromatic nitrogens is 3. The number of hydrogen-bond acceptors (Lipinski definition) is 9. The second-order valence-electron chi connectivity index (χ2n) is 6.77. The van der Waals surface area contributed by atoms with Gasteiger partial charge in [0.2, 0.25) is 0 Å². The van der Waals surface area contributed by atoms with Gasteiger partial charge in [-0.05, 0) is 43.3 Å². The maximum absolute atomic E-state index is 11.1. The number of thiazole rings is 1. The first kappa shape index (κ1) is 26.5. The van der Waals surface area contributed by atoms with Gasteiger partial charge in [0.05, 0.1) is 27.3 Å². The standard InChI is InChI=1S/C23H19ClN4O3S2.Na/c1-14-20(17-5-2-3-9-25-17)33-23(28-14)27-11-12-32-21-18(6-4-10-26-21)31-19-13-15(22(29)30)7-8-16(19)24;/h2-10,13H,11-12H2,1H3,(H,27,28)(H,29,30);/q;+1/p-1. The maximum atomic E-state index is 11.1. The number of rotatable bonds is 9. The number of anilines is 1. The number of pyridine rings is 2. The fourth-order valence-electron chi connectivity index (χ4n) is 2.90. The summed E-state index contributed by atoms with van der Waals surface area (Å²) in [7, 11) is 0. The van der Waals surface area contributed by atoms with Crippen LogP contribution in [0.15, 0.2) is 66.0 Å². The van der Waals surface area contributed by atoms with Crippen molar-refractivity contribution in [3.8, 4) is 22.1 Å². The number of thioether (sulfide) groups is 1. The number of nitrogens with one attached hydrogen (secondary N) is 1. The first-order valence-corrected chi connectivity index (χ1v) is 12.1. The first-order valence-electron chi connectivity index (χ1n) is 9.90. The number of ether oxygens (including phenoxy) is 1. The Labute approximate surface area is 232 Å². The first-order chi connectivity index (χ1) is 16.0. The van der Waals surface area contributed by atoms with Gasteiger partial charge in [-0.3, -0.25) is 4.98 Å². The molecule has 168 valence electrons. The number of halogens is 1. The second-order valence-corrected chi connectivity index (χ2v) is 9.26. The van der Waals surface area contributed by atoms with Crippen LogP contribution >= 0.6 is 34.7 Å². The Bertz CT molecular complexity index is 1270. The normalized spacial score (nSPS) is 10.4. The van der Waals surface area contributed by atoms with Crippen molar-refractivity contribution in [1.29, 1.82) is 0 Å². The van der Waals surface area contributed by atoms with Crippen molar-refractivity contribution in [2.24, 2.45) is 0 Å². The fraction of sp³-hybridized carbons (Fsp3) is 0.130. The van der Waals surface area contributed by atoms with Crippen LogP contribution in [-0.2, 0) is 0 Å². The molecule has 3 heterocycles. The van der Waals surface area contributed by atoms with E-state index in [9.17, 15) is 9.90 Å². The van der Waals surface area contributed by atoms with E-state index in [1.807, 2.05) is 25.1 Å². The van der Waals surface area contributed by atoms with Crippen LogP contribution < -0.4 is 44.7 Å². The molecule has 0 bridgehead atoms. The number of hydrogen-bond donors (Lipinski definition) is 1. The number of aromatic carboxylic acids is 1. The Morgan fingerprint density at radius 3 is 2.74 bits per heavy atom. The molecule has 0 saturated heterocycles. The molecule has 0 aliphatic rings. The Morgan fingerprint density at radius 1 is 1.15 bits per heavy atom. The van der Waals surface area contributed by atoms with Crippen molar-refractivity contribution in [1.82, 2.24) is 15.0 Å². The number of aryl methyl sites for hydroxylation is 1. The van der Waals surface area contributed by atoms with E-state index in [2.05, 4.69) is 20.3 Å². The molecule has 1 aromatic carbocycles. The summed E-state index contributed by atoms with van der Waals surface area (Å²) >= 11 is 9.24. The van der Waals surface area contributed by atoms with Crippen LogP contribution in [-0.4, -0.2) is 33.2 Å². The largest absolute Gasteiger partial charge is 1.00 e. The third-order valence-corrected chi connectivity index (χ3v) is 6.87. The molecule has 34 heavy (non-hydrogen) atoms. The molecule has 7 nitrogen and oxygen atoms in total. The van der Waals surface area contributed by atoms with Crippen LogP contribution in [0.3, 0.4) is 0 Å². The molecule has 0 atom stereocenters. The van der Waals surface area contributed by atoms with E-state index in [0.717, 1.165) is 21.4 Å². The summed E-state index contributed by atoms with van der Waals surface area (Å²) in [5, 5.41) is 16.3. The van der Waals surface area contributed by atoms with Crippen LogP contribution in [0.5, 0.6) is 11.5 Å². The molecule has 0 aliphatic heterocycles. The van der Waals surface area contributed by atoms with Gasteiger partial charge in [0.1, 0.15) is 10.8 Å². The van der Waals surface area contributed by atoms with Crippen LogP contribution in [0.25, 0.3) is 10.6 Å². The van der Waals surface area contributed by atoms with Gasteiger partial charge in [-0.2, -0.15) is 0 Å². The summed E-state index contributed by atoms with van der Waals surface area (Å²) in [6.07, 6.45) is 3.44. The van der Waals surface area contributed by atoms with Crippen LogP contribution in [0.1, 0.15) is 16.1 Å². The second kappa shape index (κ2) is 12.5. The molecule has 0 aliphatic carbocycles. The third kappa shape index (κ3) is 6.71. The van der Waals surface area contributed by atoms with Gasteiger partial charge in [-0.1, -0.05) is 35.1 Å². The summed E-state index contributed by atoms with van der Waals surface area (Å²) in [6.45, 7) is 2.63. The number of benzene rings is 1. The number of nitrogens with zero attached hydrogens (tertiary/aromatic N) is 3. The fourth-order valence-corrected chi connectivity index (χ4v) is 4.81. The molecule has 4 rings (SSSR count). The van der Waals surface area contributed by atoms with E-state index in [4.69, 9.17) is 16.3 Å². The predicted octanol–water partition coefficient (Wildman–Crippen LogP) is 1.93. The van der Waals surface area contributed by atoms with E-state index < -0.39 is 5.97 Å². The van der Waals surface area contributed by atoms with Crippen molar-refractivity contribution in [3.05, 3.63) is 77.2 Å². The van der Waals surface area contributed by atoms with Gasteiger partial charge < -0.3 is 20.0 Å². The van der Waals surface area contributed by atoms with E-state index >= 15 is 0 Å². The van der Waals surface area contributed by atoms with Crippen LogP contribution in [0, 0.1) is 6.92 Å². The minimum absolute atomic E-state index is 0. The van der Waals surface area contributed by atoms with Gasteiger partial charge in [0.15, 0.2) is 10.9 Å². The van der Waals surface area contributed by atoms with Gasteiger partial charge in [-0.15, -0.1) is 11.8 Å². The summed E-state index contributed by atoms with van der Waals surface area (Å²) in [5.74, 6) is 0.124. The Kier molecular flexibility index (Phi) is 9.75. The summed E-state index contributed by atoms with van der Waals surface area (Å²) in [6, 6.07) is 13.5. The van der Waals surface area contributed by atoms with Crippen LogP contribution in [0.2, 0.25) is 5.02 Å². The molecule has 0 saturated carbocycles. The minimum atomic E-state index is -1.30. The molecular weight excluding hydrogens is 503 g/mol. The predicted molar refractivity (Wildman–Crippen MR) is 129 cm³/mol. The number of carboxylic acid groups (broad SMARTS) is 1. The topological polar surface area (TPSA) is 100 Å². The van der Waals surface area contributed by atoms with Crippen molar-refractivity contribution in [2.75, 3.05) is 17.6 Å². The maximum Gasteiger partial charge on any atom is 1.00 e. The van der Waals surface area contributed by atoms with Gasteiger partial charge in [-0.25, -0.2) is 9.97 Å². The van der Waals surface area contributed by atoms with E-state index in [1.54, 1.807) is 35.9 Å². The van der Waals surface area contributed by atoms with Gasteiger partial charge in [0.25, 0.3) is 0 Å². The quantitative estimate of drug-likeness (QED) is 0.203.